The highest BCUT2D eigenvalue weighted by Gasteiger charge is 2.26. The molecule has 0 atom stereocenters. The molecule has 0 unspecified atom stereocenters. The van der Waals surface area contributed by atoms with Crippen LogP contribution in [0.25, 0.3) is 11.2 Å². The van der Waals surface area contributed by atoms with Crippen LogP contribution in [0.15, 0.2) is 46.2 Å². The molecule has 1 aliphatic rings. The summed E-state index contributed by atoms with van der Waals surface area (Å²) in [6.07, 6.45) is 6.96. The van der Waals surface area contributed by atoms with Gasteiger partial charge in [-0.1, -0.05) is 49.6 Å². The van der Waals surface area contributed by atoms with Gasteiger partial charge in [0.05, 0.1) is 12.9 Å². The lowest BCUT2D eigenvalue weighted by molar-refractivity contribution is -0.134. The van der Waals surface area contributed by atoms with Crippen LogP contribution in [-0.2, 0) is 24.4 Å². The van der Waals surface area contributed by atoms with Gasteiger partial charge in [0.25, 0.3) is 5.56 Å². The zero-order valence-corrected chi connectivity index (χ0v) is 18.9. The van der Waals surface area contributed by atoms with Crippen molar-refractivity contribution in [2.45, 2.75) is 71.6 Å². The molecule has 4 rings (SSSR count). The number of benzene rings is 1. The Morgan fingerprint density at radius 2 is 1.78 bits per heavy atom. The number of carbonyl (C=O) groups is 1. The summed E-state index contributed by atoms with van der Waals surface area (Å²) in [5.74, 6) is -0.174. The van der Waals surface area contributed by atoms with E-state index >= 15 is 0 Å². The number of rotatable bonds is 7. The third-order valence-corrected chi connectivity index (χ3v) is 6.48. The van der Waals surface area contributed by atoms with Crippen LogP contribution >= 0.6 is 0 Å². The molecule has 32 heavy (non-hydrogen) atoms. The molecule has 0 N–H and O–H groups in total. The minimum absolute atomic E-state index is 0.174. The van der Waals surface area contributed by atoms with Crippen LogP contribution < -0.4 is 11.2 Å². The fourth-order valence-corrected chi connectivity index (χ4v) is 4.78. The molecule has 1 aromatic carbocycles. The largest absolute Gasteiger partial charge is 0.338 e. The third kappa shape index (κ3) is 4.13. The Hall–Kier alpha value is -3.16. The molecule has 1 amide bonds. The summed E-state index contributed by atoms with van der Waals surface area (Å²) in [6, 6.07) is 9.77. The summed E-state index contributed by atoms with van der Waals surface area (Å²) >= 11 is 0. The zero-order valence-electron chi connectivity index (χ0n) is 18.9. The molecule has 170 valence electrons. The number of hydrogen-bond acceptors (Lipinski definition) is 4. The lowest BCUT2D eigenvalue weighted by Gasteiger charge is -2.33. The van der Waals surface area contributed by atoms with Crippen LogP contribution in [0.5, 0.6) is 0 Å². The van der Waals surface area contributed by atoms with Crippen molar-refractivity contribution in [1.29, 1.82) is 0 Å². The number of hydrogen-bond donors (Lipinski definition) is 0. The first-order valence-electron chi connectivity index (χ1n) is 11.6. The van der Waals surface area contributed by atoms with E-state index < -0.39 is 11.2 Å². The number of aromatic nitrogens is 4. The first-order valence-corrected chi connectivity index (χ1v) is 11.6. The summed E-state index contributed by atoms with van der Waals surface area (Å²) in [5, 5.41) is 0. The van der Waals surface area contributed by atoms with E-state index in [0.29, 0.717) is 24.3 Å². The molecule has 0 bridgehead atoms. The quantitative estimate of drug-likeness (QED) is 0.569. The maximum absolute atomic E-state index is 13.4. The van der Waals surface area contributed by atoms with Gasteiger partial charge in [0, 0.05) is 19.1 Å². The second-order valence-corrected chi connectivity index (χ2v) is 8.42. The van der Waals surface area contributed by atoms with Gasteiger partial charge in [-0.15, -0.1) is 0 Å². The van der Waals surface area contributed by atoms with Gasteiger partial charge in [-0.05, 0) is 32.3 Å². The highest BCUT2D eigenvalue weighted by atomic mass is 16.2. The lowest BCUT2D eigenvalue weighted by atomic mass is 9.94. The maximum Gasteiger partial charge on any atom is 0.333 e. The number of aryl methyl sites for hydroxylation is 1. The maximum atomic E-state index is 13.4. The van der Waals surface area contributed by atoms with Crippen molar-refractivity contribution in [2.75, 3.05) is 6.54 Å². The molecule has 0 spiro atoms. The Labute approximate surface area is 187 Å². The van der Waals surface area contributed by atoms with E-state index in [0.717, 1.165) is 35.8 Å². The molecule has 2 aromatic heterocycles. The van der Waals surface area contributed by atoms with Gasteiger partial charge in [-0.25, -0.2) is 14.3 Å². The Morgan fingerprint density at radius 3 is 2.44 bits per heavy atom. The van der Waals surface area contributed by atoms with Gasteiger partial charge >= 0.3 is 5.69 Å². The normalized spacial score (nSPS) is 14.7. The van der Waals surface area contributed by atoms with E-state index in [1.165, 1.54) is 11.0 Å². The summed E-state index contributed by atoms with van der Waals surface area (Å²) in [7, 11) is 0. The molecule has 8 nitrogen and oxygen atoms in total. The van der Waals surface area contributed by atoms with E-state index in [-0.39, 0.29) is 25.0 Å². The first kappa shape index (κ1) is 22.0. The highest BCUT2D eigenvalue weighted by molar-refractivity contribution is 5.77. The fourth-order valence-electron chi connectivity index (χ4n) is 4.78. The van der Waals surface area contributed by atoms with E-state index in [9.17, 15) is 14.4 Å². The molecule has 1 fully saturated rings. The van der Waals surface area contributed by atoms with E-state index in [1.807, 2.05) is 49.1 Å². The molecule has 3 aromatic rings. The summed E-state index contributed by atoms with van der Waals surface area (Å²) in [6.45, 7) is 5.04. The molecule has 8 heteroatoms. The molecule has 1 saturated carbocycles. The van der Waals surface area contributed by atoms with Gasteiger partial charge in [0.1, 0.15) is 6.54 Å². The number of imidazole rings is 1. The second kappa shape index (κ2) is 9.54. The Morgan fingerprint density at radius 1 is 1.06 bits per heavy atom. The first-order chi connectivity index (χ1) is 15.5. The third-order valence-electron chi connectivity index (χ3n) is 6.48. The van der Waals surface area contributed by atoms with E-state index in [2.05, 4.69) is 4.98 Å². The second-order valence-electron chi connectivity index (χ2n) is 8.42. The average Bonchev–Trinajstić information content (AvgIpc) is 3.25. The number of fused-ring (bicyclic) bond motifs is 1. The van der Waals surface area contributed by atoms with Crippen molar-refractivity contribution in [3.63, 3.8) is 0 Å². The Bertz CT molecular complexity index is 1200. The average molecular weight is 438 g/mol. The zero-order chi connectivity index (χ0) is 22.7. The van der Waals surface area contributed by atoms with Crippen molar-refractivity contribution in [1.82, 2.24) is 23.6 Å². The highest BCUT2D eigenvalue weighted by Crippen LogP contribution is 2.22. The van der Waals surface area contributed by atoms with Crippen LogP contribution in [0.2, 0.25) is 0 Å². The summed E-state index contributed by atoms with van der Waals surface area (Å²) in [4.78, 5) is 46.2. The molecule has 0 saturated heterocycles. The topological polar surface area (TPSA) is 82.1 Å². The number of amides is 1. The molecular weight excluding hydrogens is 406 g/mol. The van der Waals surface area contributed by atoms with Gasteiger partial charge in [0.2, 0.25) is 5.91 Å². The Balaban J connectivity index is 1.77. The predicted octanol–water partition coefficient (Wildman–Crippen LogP) is 2.61. The molecule has 2 heterocycles. The van der Waals surface area contributed by atoms with Crippen LogP contribution in [0.3, 0.4) is 0 Å². The molecule has 0 aliphatic heterocycles. The van der Waals surface area contributed by atoms with Crippen molar-refractivity contribution >= 4 is 17.1 Å². The number of carbonyl (C=O) groups excluding carboxylic acids is 1. The van der Waals surface area contributed by atoms with Crippen molar-refractivity contribution in [2.24, 2.45) is 0 Å². The van der Waals surface area contributed by atoms with Crippen LogP contribution in [-0.4, -0.2) is 42.1 Å². The fraction of sp³-hybridized carbons (Fsp3) is 0.500. The number of nitrogens with zero attached hydrogens (tertiary/aromatic N) is 5. The summed E-state index contributed by atoms with van der Waals surface area (Å²) in [5.41, 5.74) is 0.684. The molecule has 1 aliphatic carbocycles. The monoisotopic (exact) mass is 437 g/mol. The Kier molecular flexibility index (Phi) is 6.58. The molecule has 0 radical (unpaired) electrons. The van der Waals surface area contributed by atoms with Crippen molar-refractivity contribution in [3.05, 3.63) is 63.1 Å². The van der Waals surface area contributed by atoms with Gasteiger partial charge in [-0.3, -0.25) is 14.2 Å². The van der Waals surface area contributed by atoms with Crippen LogP contribution in [0.4, 0.5) is 0 Å². The van der Waals surface area contributed by atoms with Crippen molar-refractivity contribution < 1.29 is 4.79 Å². The van der Waals surface area contributed by atoms with E-state index in [4.69, 9.17) is 0 Å². The standard InChI is InChI=1S/C24H31N5O3/c1-3-26-17-25-22-21(26)23(31)29(24(32)28(22)15-18-11-7-5-8-12-18)16-20(30)27(4-2)19-13-9-6-10-14-19/h5,7-8,11-12,17,19H,3-4,6,9-10,13-16H2,1-2H3. The smallest absolute Gasteiger partial charge is 0.333 e. The lowest BCUT2D eigenvalue weighted by Crippen LogP contribution is -2.48. The molecular formula is C24H31N5O3. The summed E-state index contributed by atoms with van der Waals surface area (Å²) < 4.78 is 4.33. The minimum Gasteiger partial charge on any atom is -0.338 e. The van der Waals surface area contributed by atoms with Gasteiger partial charge < -0.3 is 9.47 Å². The van der Waals surface area contributed by atoms with Crippen LogP contribution in [0, 0.1) is 0 Å². The predicted molar refractivity (Wildman–Crippen MR) is 124 cm³/mol. The van der Waals surface area contributed by atoms with Gasteiger partial charge in [0.15, 0.2) is 11.2 Å². The van der Waals surface area contributed by atoms with Crippen LogP contribution in [0.1, 0.15) is 51.5 Å². The minimum atomic E-state index is -0.499. The SMILES string of the molecule is CCN(C(=O)Cn1c(=O)c2c(ncn2CC)n(Cc2ccccc2)c1=O)C1CCCCC1. The van der Waals surface area contributed by atoms with Gasteiger partial charge in [-0.2, -0.15) is 0 Å². The van der Waals surface area contributed by atoms with E-state index in [1.54, 1.807) is 10.9 Å². The number of likely N-dealkylation sites (N-methyl/N-ethyl adjacent to an activating group) is 1. The van der Waals surface area contributed by atoms with Crippen molar-refractivity contribution in [3.8, 4) is 0 Å².